The predicted octanol–water partition coefficient (Wildman–Crippen LogP) is -0.787. The average Bonchev–Trinajstić information content (AvgIpc) is 2.71. The number of carbonyl (C=O) groups is 3. The smallest absolute Gasteiger partial charge is 0.252 e. The maximum absolute atomic E-state index is 11.8. The molecule has 1 saturated carbocycles. The van der Waals surface area contributed by atoms with Gasteiger partial charge in [-0.15, -0.1) is 0 Å². The van der Waals surface area contributed by atoms with E-state index in [4.69, 9.17) is 0 Å². The van der Waals surface area contributed by atoms with E-state index in [1.807, 2.05) is 0 Å². The molecule has 0 aromatic heterocycles. The maximum Gasteiger partial charge on any atom is 0.252 e. The number of hydrogen-bond donors (Lipinski definition) is 3. The Balaban J connectivity index is 1.94. The summed E-state index contributed by atoms with van der Waals surface area (Å²) in [6, 6.07) is -0.704. The van der Waals surface area contributed by atoms with E-state index >= 15 is 0 Å². The lowest BCUT2D eigenvalue weighted by molar-refractivity contribution is -0.144. The van der Waals surface area contributed by atoms with Crippen LogP contribution in [0.25, 0.3) is 0 Å². The van der Waals surface area contributed by atoms with Crippen LogP contribution >= 0.6 is 0 Å². The molecule has 2 aliphatic rings. The van der Waals surface area contributed by atoms with Crippen LogP contribution < -0.4 is 10.6 Å². The molecular formula is C11H16N2O4. The van der Waals surface area contributed by atoms with E-state index in [0.717, 1.165) is 12.8 Å². The Morgan fingerprint density at radius 2 is 2.00 bits per heavy atom. The summed E-state index contributed by atoms with van der Waals surface area (Å²) in [6.45, 7) is 0. The third kappa shape index (κ3) is 2.46. The Labute approximate surface area is 98.8 Å². The molecule has 0 aromatic rings. The molecule has 6 nitrogen and oxygen atoms in total. The van der Waals surface area contributed by atoms with Gasteiger partial charge in [0.05, 0.1) is 0 Å². The van der Waals surface area contributed by atoms with Crippen molar-refractivity contribution in [3.8, 4) is 0 Å². The molecule has 0 unspecified atom stereocenters. The molecular weight excluding hydrogens is 224 g/mol. The predicted molar refractivity (Wildman–Crippen MR) is 57.7 cm³/mol. The highest BCUT2D eigenvalue weighted by atomic mass is 16.3. The van der Waals surface area contributed by atoms with E-state index in [2.05, 4.69) is 10.6 Å². The standard InChI is InChI=1S/C11H16N2O4/c14-8-4-3-7(9(15)13-8)12-10(16)11(17)5-1-2-6-11/h7,17H,1-6H2,(H,12,16)(H,13,14,15)/t7-/m1/s1. The van der Waals surface area contributed by atoms with Crippen molar-refractivity contribution in [3.05, 3.63) is 0 Å². The SMILES string of the molecule is O=C1CC[C@@H](NC(=O)C2(O)CCCC2)C(=O)N1. The molecule has 94 valence electrons. The Hall–Kier alpha value is -1.43. The van der Waals surface area contributed by atoms with Gasteiger partial charge in [0.2, 0.25) is 11.8 Å². The first kappa shape index (κ1) is 12.0. The second kappa shape index (κ2) is 4.44. The first-order chi connectivity index (χ1) is 8.01. The largest absolute Gasteiger partial charge is 0.380 e. The van der Waals surface area contributed by atoms with Gasteiger partial charge in [0.15, 0.2) is 0 Å². The van der Waals surface area contributed by atoms with E-state index in [1.54, 1.807) is 0 Å². The summed E-state index contributed by atoms with van der Waals surface area (Å²) in [7, 11) is 0. The van der Waals surface area contributed by atoms with Gasteiger partial charge in [0, 0.05) is 6.42 Å². The molecule has 1 saturated heterocycles. The number of aliphatic hydroxyl groups is 1. The van der Waals surface area contributed by atoms with Crippen LogP contribution in [0.5, 0.6) is 0 Å². The van der Waals surface area contributed by atoms with Gasteiger partial charge >= 0.3 is 0 Å². The molecule has 3 N–H and O–H groups in total. The van der Waals surface area contributed by atoms with Crippen LogP contribution in [0.1, 0.15) is 38.5 Å². The molecule has 1 aliphatic heterocycles. The number of rotatable bonds is 2. The second-order valence-electron chi connectivity index (χ2n) is 4.72. The minimum absolute atomic E-state index is 0.217. The Bertz CT molecular complexity index is 360. The quantitative estimate of drug-likeness (QED) is 0.551. The Kier molecular flexibility index (Phi) is 3.15. The molecule has 6 heteroatoms. The highest BCUT2D eigenvalue weighted by molar-refractivity contribution is 6.02. The molecule has 1 aliphatic carbocycles. The molecule has 0 spiro atoms. The second-order valence-corrected chi connectivity index (χ2v) is 4.72. The van der Waals surface area contributed by atoms with Crippen LogP contribution in [0.4, 0.5) is 0 Å². The van der Waals surface area contributed by atoms with Crippen molar-refractivity contribution in [1.82, 2.24) is 10.6 Å². The number of nitrogens with one attached hydrogen (secondary N) is 2. The molecule has 2 rings (SSSR count). The summed E-state index contributed by atoms with van der Waals surface area (Å²) in [5.74, 6) is -1.30. The van der Waals surface area contributed by atoms with Crippen molar-refractivity contribution in [2.75, 3.05) is 0 Å². The van der Waals surface area contributed by atoms with Crippen molar-refractivity contribution in [2.24, 2.45) is 0 Å². The molecule has 3 amide bonds. The van der Waals surface area contributed by atoms with Gasteiger partial charge in [0.25, 0.3) is 5.91 Å². The third-order valence-electron chi connectivity index (χ3n) is 3.40. The van der Waals surface area contributed by atoms with Crippen LogP contribution in [-0.2, 0) is 14.4 Å². The fraction of sp³-hybridized carbons (Fsp3) is 0.727. The Morgan fingerprint density at radius 3 is 2.59 bits per heavy atom. The van der Waals surface area contributed by atoms with Gasteiger partial charge in [-0.3, -0.25) is 19.7 Å². The van der Waals surface area contributed by atoms with Crippen molar-refractivity contribution in [2.45, 2.75) is 50.2 Å². The first-order valence-corrected chi connectivity index (χ1v) is 5.88. The van der Waals surface area contributed by atoms with Gasteiger partial charge in [-0.1, -0.05) is 0 Å². The molecule has 2 fully saturated rings. The van der Waals surface area contributed by atoms with Gasteiger partial charge in [-0.05, 0) is 32.1 Å². The summed E-state index contributed by atoms with van der Waals surface area (Å²) >= 11 is 0. The Morgan fingerprint density at radius 1 is 1.35 bits per heavy atom. The summed E-state index contributed by atoms with van der Waals surface area (Å²) in [5.41, 5.74) is -1.33. The minimum Gasteiger partial charge on any atom is -0.380 e. The highest BCUT2D eigenvalue weighted by Gasteiger charge is 2.41. The average molecular weight is 240 g/mol. The number of carbonyl (C=O) groups excluding carboxylic acids is 3. The van der Waals surface area contributed by atoms with Crippen LogP contribution in [0.15, 0.2) is 0 Å². The van der Waals surface area contributed by atoms with Crippen LogP contribution in [0.2, 0.25) is 0 Å². The molecule has 0 aromatic carbocycles. The molecule has 0 bridgehead atoms. The molecule has 1 heterocycles. The number of imide groups is 1. The van der Waals surface area contributed by atoms with E-state index < -0.39 is 23.5 Å². The zero-order chi connectivity index (χ0) is 12.5. The lowest BCUT2D eigenvalue weighted by Gasteiger charge is -2.27. The van der Waals surface area contributed by atoms with Crippen molar-refractivity contribution in [3.63, 3.8) is 0 Å². The monoisotopic (exact) mass is 240 g/mol. The van der Waals surface area contributed by atoms with E-state index in [0.29, 0.717) is 19.3 Å². The summed E-state index contributed by atoms with van der Waals surface area (Å²) < 4.78 is 0. The summed E-state index contributed by atoms with van der Waals surface area (Å²) in [4.78, 5) is 34.2. The van der Waals surface area contributed by atoms with Crippen LogP contribution in [0.3, 0.4) is 0 Å². The van der Waals surface area contributed by atoms with Crippen molar-refractivity contribution >= 4 is 17.7 Å². The van der Waals surface area contributed by atoms with Gasteiger partial charge < -0.3 is 10.4 Å². The van der Waals surface area contributed by atoms with Crippen LogP contribution in [-0.4, -0.2) is 34.5 Å². The molecule has 1 atom stereocenters. The van der Waals surface area contributed by atoms with Gasteiger partial charge in [0.1, 0.15) is 11.6 Å². The van der Waals surface area contributed by atoms with Crippen LogP contribution in [0, 0.1) is 0 Å². The number of hydrogen-bond acceptors (Lipinski definition) is 4. The number of amides is 3. The first-order valence-electron chi connectivity index (χ1n) is 5.88. The highest BCUT2D eigenvalue weighted by Crippen LogP contribution is 2.29. The minimum atomic E-state index is -1.33. The van der Waals surface area contributed by atoms with Crippen molar-refractivity contribution < 1.29 is 19.5 Å². The number of piperidine rings is 1. The fourth-order valence-electron chi connectivity index (χ4n) is 2.31. The third-order valence-corrected chi connectivity index (χ3v) is 3.40. The van der Waals surface area contributed by atoms with E-state index in [9.17, 15) is 19.5 Å². The molecule has 0 radical (unpaired) electrons. The summed E-state index contributed by atoms with van der Waals surface area (Å²) in [5, 5.41) is 14.7. The lowest BCUT2D eigenvalue weighted by atomic mass is 9.99. The van der Waals surface area contributed by atoms with E-state index in [1.165, 1.54) is 0 Å². The van der Waals surface area contributed by atoms with Gasteiger partial charge in [-0.25, -0.2) is 0 Å². The zero-order valence-electron chi connectivity index (χ0n) is 9.49. The van der Waals surface area contributed by atoms with Gasteiger partial charge in [-0.2, -0.15) is 0 Å². The van der Waals surface area contributed by atoms with Crippen molar-refractivity contribution in [1.29, 1.82) is 0 Å². The summed E-state index contributed by atoms with van der Waals surface area (Å²) in [6.07, 6.45) is 3.03. The maximum atomic E-state index is 11.8. The van der Waals surface area contributed by atoms with E-state index in [-0.39, 0.29) is 12.3 Å². The molecule has 17 heavy (non-hydrogen) atoms. The normalized spacial score (nSPS) is 27.7. The fourth-order valence-corrected chi connectivity index (χ4v) is 2.31. The lowest BCUT2D eigenvalue weighted by Crippen LogP contribution is -2.56. The zero-order valence-corrected chi connectivity index (χ0v) is 9.49. The topological polar surface area (TPSA) is 95.5 Å².